The Morgan fingerprint density at radius 1 is 1.29 bits per heavy atom. The largest absolute Gasteiger partial charge is 0.471 e. The summed E-state index contributed by atoms with van der Waals surface area (Å²) in [5, 5.41) is 1.64. The van der Waals surface area contributed by atoms with Crippen molar-refractivity contribution in [1.82, 2.24) is 5.32 Å². The quantitative estimate of drug-likeness (QED) is 0.646. The predicted octanol–water partition coefficient (Wildman–Crippen LogP) is 2.01. The van der Waals surface area contributed by atoms with Crippen molar-refractivity contribution >= 4 is 11.9 Å². The summed E-state index contributed by atoms with van der Waals surface area (Å²) >= 11 is 0. The lowest BCUT2D eigenvalue weighted by Gasteiger charge is -2.18. The summed E-state index contributed by atoms with van der Waals surface area (Å²) in [4.78, 5) is 22.7. The molecule has 0 saturated carbocycles. The Bertz CT molecular complexity index is 500. The third-order valence-electron chi connectivity index (χ3n) is 2.47. The molecule has 0 saturated heterocycles. The first-order valence-corrected chi connectivity index (χ1v) is 6.03. The first-order valence-electron chi connectivity index (χ1n) is 6.03. The second kappa shape index (κ2) is 7.47. The van der Waals surface area contributed by atoms with Crippen LogP contribution in [0, 0.1) is 0 Å². The van der Waals surface area contributed by atoms with E-state index in [0.717, 1.165) is 0 Å². The molecule has 114 valence electrons. The standard InChI is InChI=1S/C14H14F3NO3/c1-2-8-21-12(19)11(18-13(20)14(15,16)17)9-10-6-4-3-5-7-10/h2-7,11H,1,8-9H2,(H,18,20)/t11-/m0/s1. The fraction of sp³-hybridized carbons (Fsp3) is 0.286. The third-order valence-corrected chi connectivity index (χ3v) is 2.47. The van der Waals surface area contributed by atoms with Crippen LogP contribution in [0.25, 0.3) is 0 Å². The maximum atomic E-state index is 12.3. The van der Waals surface area contributed by atoms with Crippen molar-refractivity contribution < 1.29 is 27.5 Å². The minimum atomic E-state index is -5.06. The molecule has 0 fully saturated rings. The second-order valence-electron chi connectivity index (χ2n) is 4.13. The van der Waals surface area contributed by atoms with E-state index in [9.17, 15) is 22.8 Å². The van der Waals surface area contributed by atoms with Gasteiger partial charge in [-0.25, -0.2) is 4.79 Å². The lowest BCUT2D eigenvalue weighted by Crippen LogP contribution is -2.48. The van der Waals surface area contributed by atoms with Gasteiger partial charge < -0.3 is 10.1 Å². The molecule has 1 aromatic carbocycles. The SMILES string of the molecule is C=CCOC(=O)[C@H](Cc1ccccc1)NC(=O)C(F)(F)F. The molecule has 1 amide bonds. The summed E-state index contributed by atoms with van der Waals surface area (Å²) in [7, 11) is 0. The fourth-order valence-corrected chi connectivity index (χ4v) is 1.52. The number of benzene rings is 1. The molecule has 0 unspecified atom stereocenters. The van der Waals surface area contributed by atoms with Gasteiger partial charge in [0.15, 0.2) is 0 Å². The Kier molecular flexibility index (Phi) is 5.95. The van der Waals surface area contributed by atoms with Gasteiger partial charge in [-0.3, -0.25) is 4.79 Å². The Morgan fingerprint density at radius 3 is 2.43 bits per heavy atom. The molecule has 1 atom stereocenters. The number of halogens is 3. The molecular formula is C14H14F3NO3. The first-order chi connectivity index (χ1) is 9.84. The van der Waals surface area contributed by atoms with Crippen molar-refractivity contribution in [2.24, 2.45) is 0 Å². The number of alkyl halides is 3. The maximum Gasteiger partial charge on any atom is 0.471 e. The molecule has 1 aromatic rings. The summed E-state index contributed by atoms with van der Waals surface area (Å²) in [6.07, 6.45) is -3.88. The summed E-state index contributed by atoms with van der Waals surface area (Å²) in [5.41, 5.74) is 0.598. The third kappa shape index (κ3) is 5.68. The molecule has 0 aliphatic rings. The van der Waals surface area contributed by atoms with Gasteiger partial charge in [-0.15, -0.1) is 0 Å². The highest BCUT2D eigenvalue weighted by Crippen LogP contribution is 2.15. The van der Waals surface area contributed by atoms with Crippen LogP contribution in [0.3, 0.4) is 0 Å². The van der Waals surface area contributed by atoms with Crippen molar-refractivity contribution in [3.05, 3.63) is 48.6 Å². The number of carbonyl (C=O) groups excluding carboxylic acids is 2. The van der Waals surface area contributed by atoms with E-state index in [0.29, 0.717) is 5.56 Å². The van der Waals surface area contributed by atoms with Gasteiger partial charge in [0.1, 0.15) is 12.6 Å². The van der Waals surface area contributed by atoms with Gasteiger partial charge in [0.05, 0.1) is 0 Å². The van der Waals surface area contributed by atoms with E-state index in [1.165, 1.54) is 6.08 Å². The van der Waals surface area contributed by atoms with Crippen molar-refractivity contribution in [1.29, 1.82) is 0 Å². The van der Waals surface area contributed by atoms with E-state index in [1.54, 1.807) is 35.6 Å². The molecule has 21 heavy (non-hydrogen) atoms. The van der Waals surface area contributed by atoms with Crippen LogP contribution in [0.15, 0.2) is 43.0 Å². The number of carbonyl (C=O) groups is 2. The molecule has 4 nitrogen and oxygen atoms in total. The number of esters is 1. The molecule has 0 heterocycles. The number of nitrogens with one attached hydrogen (secondary N) is 1. The number of hydrogen-bond acceptors (Lipinski definition) is 3. The average Bonchev–Trinajstić information content (AvgIpc) is 2.44. The molecule has 0 aliphatic carbocycles. The van der Waals surface area contributed by atoms with Gasteiger partial charge in [-0.2, -0.15) is 13.2 Å². The summed E-state index contributed by atoms with van der Waals surface area (Å²) in [5.74, 6) is -3.13. The van der Waals surface area contributed by atoms with Crippen molar-refractivity contribution in [3.63, 3.8) is 0 Å². The van der Waals surface area contributed by atoms with Gasteiger partial charge in [0.25, 0.3) is 0 Å². The van der Waals surface area contributed by atoms with Gasteiger partial charge in [-0.1, -0.05) is 43.0 Å². The van der Waals surface area contributed by atoms with E-state index in [1.807, 2.05) is 0 Å². The zero-order valence-corrected chi connectivity index (χ0v) is 11.0. The molecular weight excluding hydrogens is 287 g/mol. The van der Waals surface area contributed by atoms with Crippen LogP contribution in [0.2, 0.25) is 0 Å². The monoisotopic (exact) mass is 301 g/mol. The Hall–Kier alpha value is -2.31. The van der Waals surface area contributed by atoms with E-state index in [2.05, 4.69) is 6.58 Å². The molecule has 0 spiro atoms. The van der Waals surface area contributed by atoms with Gasteiger partial charge in [0.2, 0.25) is 0 Å². The number of rotatable bonds is 6. The fourth-order valence-electron chi connectivity index (χ4n) is 1.52. The van der Waals surface area contributed by atoms with E-state index < -0.39 is 24.1 Å². The highest BCUT2D eigenvalue weighted by Gasteiger charge is 2.41. The minimum Gasteiger partial charge on any atom is -0.460 e. The number of amides is 1. The summed E-state index contributed by atoms with van der Waals surface area (Å²) < 4.78 is 41.6. The van der Waals surface area contributed by atoms with Crippen molar-refractivity contribution in [2.75, 3.05) is 6.61 Å². The Morgan fingerprint density at radius 2 is 1.90 bits per heavy atom. The normalized spacial score (nSPS) is 12.3. The smallest absolute Gasteiger partial charge is 0.460 e. The van der Waals surface area contributed by atoms with E-state index >= 15 is 0 Å². The highest BCUT2D eigenvalue weighted by atomic mass is 19.4. The molecule has 0 bridgehead atoms. The van der Waals surface area contributed by atoms with Crippen molar-refractivity contribution in [2.45, 2.75) is 18.6 Å². The summed E-state index contributed by atoms with van der Waals surface area (Å²) in [6, 6.07) is 6.92. The van der Waals surface area contributed by atoms with Gasteiger partial charge in [0, 0.05) is 6.42 Å². The van der Waals surface area contributed by atoms with Gasteiger partial charge >= 0.3 is 18.1 Å². The minimum absolute atomic E-state index is 0.0986. The maximum absolute atomic E-state index is 12.3. The lowest BCUT2D eigenvalue weighted by molar-refractivity contribution is -0.175. The van der Waals surface area contributed by atoms with Crippen LogP contribution in [0.4, 0.5) is 13.2 Å². The van der Waals surface area contributed by atoms with Crippen LogP contribution in [-0.2, 0) is 20.7 Å². The molecule has 1 N–H and O–H groups in total. The Balaban J connectivity index is 2.81. The van der Waals surface area contributed by atoms with Gasteiger partial charge in [-0.05, 0) is 5.56 Å². The predicted molar refractivity (Wildman–Crippen MR) is 69.3 cm³/mol. The van der Waals surface area contributed by atoms with Crippen molar-refractivity contribution in [3.8, 4) is 0 Å². The molecule has 7 heteroatoms. The van der Waals surface area contributed by atoms with Crippen LogP contribution in [0.5, 0.6) is 0 Å². The zero-order chi connectivity index (χ0) is 15.9. The zero-order valence-electron chi connectivity index (χ0n) is 11.0. The first kappa shape index (κ1) is 16.7. The van der Waals surface area contributed by atoms with Crippen LogP contribution < -0.4 is 5.32 Å². The average molecular weight is 301 g/mol. The topological polar surface area (TPSA) is 55.4 Å². The van der Waals surface area contributed by atoms with E-state index in [4.69, 9.17) is 4.74 Å². The van der Waals surface area contributed by atoms with E-state index in [-0.39, 0.29) is 13.0 Å². The Labute approximate surface area is 119 Å². The van der Waals surface area contributed by atoms with Crippen LogP contribution >= 0.6 is 0 Å². The lowest BCUT2D eigenvalue weighted by atomic mass is 10.1. The number of hydrogen-bond donors (Lipinski definition) is 1. The highest BCUT2D eigenvalue weighted by molar-refractivity contribution is 5.87. The molecule has 1 rings (SSSR count). The van der Waals surface area contributed by atoms with Crippen LogP contribution in [0.1, 0.15) is 5.56 Å². The number of ether oxygens (including phenoxy) is 1. The molecule has 0 radical (unpaired) electrons. The summed E-state index contributed by atoms with van der Waals surface area (Å²) in [6.45, 7) is 3.18. The van der Waals surface area contributed by atoms with Crippen LogP contribution in [-0.4, -0.2) is 30.7 Å². The molecule has 0 aliphatic heterocycles. The second-order valence-corrected chi connectivity index (χ2v) is 4.13. The molecule has 0 aromatic heterocycles.